The Morgan fingerprint density at radius 1 is 1.35 bits per heavy atom. The molecular weight excluding hydrogens is 236 g/mol. The number of rotatable bonds is 4. The number of nitrogens with two attached hydrogens (primary N) is 1. The van der Waals surface area contributed by atoms with Gasteiger partial charge in [-0.25, -0.2) is 0 Å². The van der Waals surface area contributed by atoms with E-state index in [1.54, 1.807) is 6.92 Å². The van der Waals surface area contributed by atoms with Crippen LogP contribution in [0.4, 0.5) is 0 Å². The minimum atomic E-state index is -0.440. The van der Waals surface area contributed by atoms with Gasteiger partial charge in [0.2, 0.25) is 5.91 Å². The third-order valence-electron chi connectivity index (χ3n) is 2.96. The molecule has 0 radical (unpaired) electrons. The van der Waals surface area contributed by atoms with Crippen LogP contribution >= 0.6 is 12.4 Å². The van der Waals surface area contributed by atoms with Crippen molar-refractivity contribution < 1.29 is 4.79 Å². The Balaban J connectivity index is 0.00000144. The zero-order valence-electron chi connectivity index (χ0n) is 9.93. The summed E-state index contributed by atoms with van der Waals surface area (Å²) < 4.78 is 0. The molecule has 1 fully saturated rings. The first-order valence-corrected chi connectivity index (χ1v) is 5.79. The second kappa shape index (κ2) is 6.03. The Kier molecular flexibility index (Phi) is 4.97. The van der Waals surface area contributed by atoms with Gasteiger partial charge in [-0.1, -0.05) is 30.3 Å². The largest absolute Gasteiger partial charge is 0.348 e. The highest BCUT2D eigenvalue weighted by molar-refractivity contribution is 5.85. The molecule has 0 spiro atoms. The highest BCUT2D eigenvalue weighted by atomic mass is 35.5. The maximum Gasteiger partial charge on any atom is 0.237 e. The number of carbonyl (C=O) groups is 1. The van der Waals surface area contributed by atoms with E-state index in [-0.39, 0.29) is 24.4 Å². The standard InChI is InChI=1S/C13H18N2O.ClH/c1-9(14)13(16)15-12(11-7-8-11)10-5-3-2-4-6-10;/h2-6,9,11-12H,7-8,14H2,1H3,(H,15,16);1H. The van der Waals surface area contributed by atoms with Crippen LogP contribution in [-0.2, 0) is 4.79 Å². The van der Waals surface area contributed by atoms with Crippen molar-refractivity contribution in [3.8, 4) is 0 Å². The number of nitrogens with one attached hydrogen (secondary N) is 1. The van der Waals surface area contributed by atoms with Crippen molar-refractivity contribution in [2.24, 2.45) is 11.7 Å². The lowest BCUT2D eigenvalue weighted by Gasteiger charge is -2.20. The molecule has 2 unspecified atom stereocenters. The van der Waals surface area contributed by atoms with Crippen LogP contribution in [-0.4, -0.2) is 11.9 Å². The molecule has 0 aliphatic heterocycles. The average Bonchev–Trinajstić information content (AvgIpc) is 3.10. The van der Waals surface area contributed by atoms with Gasteiger partial charge in [0.15, 0.2) is 0 Å². The zero-order chi connectivity index (χ0) is 11.5. The van der Waals surface area contributed by atoms with E-state index >= 15 is 0 Å². The molecule has 0 saturated heterocycles. The van der Waals surface area contributed by atoms with Gasteiger partial charge in [-0.05, 0) is 31.2 Å². The summed E-state index contributed by atoms with van der Waals surface area (Å²) in [6.45, 7) is 1.71. The SMILES string of the molecule is CC(N)C(=O)NC(c1ccccc1)C1CC1.Cl. The third-order valence-corrected chi connectivity index (χ3v) is 2.96. The summed E-state index contributed by atoms with van der Waals surface area (Å²) in [6, 6.07) is 9.81. The lowest BCUT2D eigenvalue weighted by atomic mass is 10.0. The maximum atomic E-state index is 11.6. The molecule has 1 saturated carbocycles. The number of hydrogen-bond acceptors (Lipinski definition) is 2. The Bertz CT molecular complexity index is 363. The minimum absolute atomic E-state index is 0. The first kappa shape index (κ1) is 14.0. The molecule has 2 atom stereocenters. The monoisotopic (exact) mass is 254 g/mol. The molecule has 1 amide bonds. The summed E-state index contributed by atoms with van der Waals surface area (Å²) in [7, 11) is 0. The summed E-state index contributed by atoms with van der Waals surface area (Å²) >= 11 is 0. The predicted molar refractivity (Wildman–Crippen MR) is 70.9 cm³/mol. The van der Waals surface area contributed by atoms with Crippen LogP contribution in [0.5, 0.6) is 0 Å². The van der Waals surface area contributed by atoms with Gasteiger partial charge in [0, 0.05) is 0 Å². The Labute approximate surface area is 108 Å². The fourth-order valence-electron chi connectivity index (χ4n) is 1.85. The van der Waals surface area contributed by atoms with Gasteiger partial charge in [-0.15, -0.1) is 12.4 Å². The molecule has 0 aromatic heterocycles. The highest BCUT2D eigenvalue weighted by Gasteiger charge is 2.33. The number of amides is 1. The molecule has 1 aliphatic rings. The molecule has 3 N–H and O–H groups in total. The quantitative estimate of drug-likeness (QED) is 0.864. The summed E-state index contributed by atoms with van der Waals surface area (Å²) in [6.07, 6.45) is 2.39. The Morgan fingerprint density at radius 2 is 1.94 bits per heavy atom. The van der Waals surface area contributed by atoms with E-state index in [4.69, 9.17) is 5.73 Å². The van der Waals surface area contributed by atoms with Gasteiger partial charge in [0.05, 0.1) is 12.1 Å². The molecular formula is C13H19ClN2O. The van der Waals surface area contributed by atoms with E-state index in [1.165, 1.54) is 18.4 Å². The average molecular weight is 255 g/mol. The van der Waals surface area contributed by atoms with Crippen LogP contribution in [0.1, 0.15) is 31.4 Å². The van der Waals surface area contributed by atoms with Gasteiger partial charge in [-0.3, -0.25) is 4.79 Å². The first-order chi connectivity index (χ1) is 7.68. The zero-order valence-corrected chi connectivity index (χ0v) is 10.7. The number of carbonyl (C=O) groups excluding carboxylic acids is 1. The van der Waals surface area contributed by atoms with Crippen molar-refractivity contribution >= 4 is 18.3 Å². The van der Waals surface area contributed by atoms with Crippen molar-refractivity contribution in [1.29, 1.82) is 0 Å². The summed E-state index contributed by atoms with van der Waals surface area (Å²) in [5, 5.41) is 3.03. The molecule has 0 bridgehead atoms. The fraction of sp³-hybridized carbons (Fsp3) is 0.462. The third kappa shape index (κ3) is 3.72. The molecule has 1 aromatic carbocycles. The van der Waals surface area contributed by atoms with Crippen molar-refractivity contribution in [3.05, 3.63) is 35.9 Å². The molecule has 17 heavy (non-hydrogen) atoms. The topological polar surface area (TPSA) is 55.1 Å². The summed E-state index contributed by atoms with van der Waals surface area (Å²) in [5.74, 6) is 0.519. The molecule has 4 heteroatoms. The normalized spacial score (nSPS) is 17.8. The number of halogens is 1. The van der Waals surface area contributed by atoms with E-state index in [9.17, 15) is 4.79 Å². The first-order valence-electron chi connectivity index (χ1n) is 5.79. The van der Waals surface area contributed by atoms with Gasteiger partial charge < -0.3 is 11.1 Å². The van der Waals surface area contributed by atoms with Crippen molar-refractivity contribution in [2.75, 3.05) is 0 Å². The number of hydrogen-bond donors (Lipinski definition) is 2. The number of benzene rings is 1. The summed E-state index contributed by atoms with van der Waals surface area (Å²) in [4.78, 5) is 11.6. The smallest absolute Gasteiger partial charge is 0.237 e. The van der Waals surface area contributed by atoms with Crippen LogP contribution in [0.2, 0.25) is 0 Å². The second-order valence-electron chi connectivity index (χ2n) is 4.52. The lowest BCUT2D eigenvalue weighted by molar-refractivity contribution is -0.122. The van der Waals surface area contributed by atoms with Crippen LogP contribution in [0.25, 0.3) is 0 Å². The van der Waals surface area contributed by atoms with Crippen LogP contribution < -0.4 is 11.1 Å². The van der Waals surface area contributed by atoms with Gasteiger partial charge in [0.25, 0.3) is 0 Å². The van der Waals surface area contributed by atoms with Crippen LogP contribution in [0.3, 0.4) is 0 Å². The summed E-state index contributed by atoms with van der Waals surface area (Å²) in [5.41, 5.74) is 6.75. The minimum Gasteiger partial charge on any atom is -0.348 e. The molecule has 1 aromatic rings. The molecule has 0 heterocycles. The van der Waals surface area contributed by atoms with E-state index in [0.717, 1.165) is 0 Å². The van der Waals surface area contributed by atoms with Gasteiger partial charge >= 0.3 is 0 Å². The van der Waals surface area contributed by atoms with Crippen LogP contribution in [0, 0.1) is 5.92 Å². The lowest BCUT2D eigenvalue weighted by Crippen LogP contribution is -2.40. The molecule has 1 aliphatic carbocycles. The molecule has 2 rings (SSSR count). The second-order valence-corrected chi connectivity index (χ2v) is 4.52. The molecule has 94 valence electrons. The van der Waals surface area contributed by atoms with Gasteiger partial charge in [0.1, 0.15) is 0 Å². The van der Waals surface area contributed by atoms with E-state index in [1.807, 2.05) is 18.2 Å². The van der Waals surface area contributed by atoms with Crippen molar-refractivity contribution in [1.82, 2.24) is 5.32 Å². The Hall–Kier alpha value is -1.06. The van der Waals surface area contributed by atoms with Crippen molar-refractivity contribution in [3.63, 3.8) is 0 Å². The predicted octanol–water partition coefficient (Wildman–Crippen LogP) is 2.02. The van der Waals surface area contributed by atoms with Crippen molar-refractivity contribution in [2.45, 2.75) is 31.8 Å². The van der Waals surface area contributed by atoms with Crippen LogP contribution in [0.15, 0.2) is 30.3 Å². The van der Waals surface area contributed by atoms with E-state index in [0.29, 0.717) is 5.92 Å². The molecule has 3 nitrogen and oxygen atoms in total. The van der Waals surface area contributed by atoms with E-state index in [2.05, 4.69) is 17.4 Å². The van der Waals surface area contributed by atoms with Gasteiger partial charge in [-0.2, -0.15) is 0 Å². The maximum absolute atomic E-state index is 11.6. The van der Waals surface area contributed by atoms with E-state index < -0.39 is 6.04 Å². The fourth-order valence-corrected chi connectivity index (χ4v) is 1.85. The highest BCUT2D eigenvalue weighted by Crippen LogP contribution is 2.40. The Morgan fingerprint density at radius 3 is 2.41 bits per heavy atom.